The Morgan fingerprint density at radius 1 is 1.56 bits per heavy atom. The number of benzene rings is 1. The van der Waals surface area contributed by atoms with Crippen LogP contribution in [0.1, 0.15) is 18.9 Å². The molecule has 18 heavy (non-hydrogen) atoms. The second-order valence-electron chi connectivity index (χ2n) is 4.37. The highest BCUT2D eigenvalue weighted by atomic mass is 32.1. The number of phenols is 1. The summed E-state index contributed by atoms with van der Waals surface area (Å²) >= 11 is 4.83. The zero-order valence-electron chi connectivity index (χ0n) is 10.6. The summed E-state index contributed by atoms with van der Waals surface area (Å²) in [6.07, 6.45) is 0.768. The molecule has 4 nitrogen and oxygen atoms in total. The Balaban J connectivity index is 2.62. The summed E-state index contributed by atoms with van der Waals surface area (Å²) in [4.78, 5) is 14.0. The molecule has 1 rings (SSSR count). The van der Waals surface area contributed by atoms with E-state index in [-0.39, 0.29) is 24.1 Å². The SMILES string of the molecule is CC(CC(N)=S)N(C)C(=O)Cc1cccc(O)c1. The molecule has 0 fully saturated rings. The molecule has 0 spiro atoms. The number of nitrogens with two attached hydrogens (primary N) is 1. The van der Waals surface area contributed by atoms with Crippen LogP contribution in [-0.4, -0.2) is 34.0 Å². The summed E-state index contributed by atoms with van der Waals surface area (Å²) in [6.45, 7) is 1.90. The normalized spacial score (nSPS) is 11.9. The Kier molecular flexibility index (Phi) is 5.09. The van der Waals surface area contributed by atoms with Crippen LogP contribution in [-0.2, 0) is 11.2 Å². The van der Waals surface area contributed by atoms with Gasteiger partial charge < -0.3 is 15.7 Å². The van der Waals surface area contributed by atoms with Crippen LogP contribution in [0.4, 0.5) is 0 Å². The van der Waals surface area contributed by atoms with Gasteiger partial charge >= 0.3 is 0 Å². The second kappa shape index (κ2) is 6.35. The zero-order valence-corrected chi connectivity index (χ0v) is 11.4. The summed E-state index contributed by atoms with van der Waals surface area (Å²) in [5.74, 6) is 0.142. The Morgan fingerprint density at radius 3 is 2.78 bits per heavy atom. The van der Waals surface area contributed by atoms with Crippen molar-refractivity contribution in [3.8, 4) is 5.75 Å². The third-order valence-electron chi connectivity index (χ3n) is 2.82. The fourth-order valence-electron chi connectivity index (χ4n) is 1.64. The maximum Gasteiger partial charge on any atom is 0.226 e. The molecule has 98 valence electrons. The van der Waals surface area contributed by atoms with E-state index in [2.05, 4.69) is 0 Å². The maximum absolute atomic E-state index is 12.0. The quantitative estimate of drug-likeness (QED) is 0.792. The first-order valence-corrected chi connectivity index (χ1v) is 6.13. The number of aromatic hydroxyl groups is 1. The van der Waals surface area contributed by atoms with Gasteiger partial charge in [0.15, 0.2) is 0 Å². The average Bonchev–Trinajstić information content (AvgIpc) is 2.27. The van der Waals surface area contributed by atoms with Gasteiger partial charge in [-0.25, -0.2) is 0 Å². The van der Waals surface area contributed by atoms with Crippen molar-refractivity contribution in [2.24, 2.45) is 5.73 Å². The van der Waals surface area contributed by atoms with Crippen molar-refractivity contribution < 1.29 is 9.90 Å². The van der Waals surface area contributed by atoms with Crippen LogP contribution in [0.3, 0.4) is 0 Å². The minimum Gasteiger partial charge on any atom is -0.508 e. The van der Waals surface area contributed by atoms with Gasteiger partial charge in [0.25, 0.3) is 0 Å². The van der Waals surface area contributed by atoms with Crippen LogP contribution in [0.25, 0.3) is 0 Å². The number of carbonyl (C=O) groups is 1. The topological polar surface area (TPSA) is 66.6 Å². The summed E-state index contributed by atoms with van der Waals surface area (Å²) in [5, 5.41) is 9.33. The molecule has 0 bridgehead atoms. The second-order valence-corrected chi connectivity index (χ2v) is 4.90. The minimum absolute atomic E-state index is 0.0210. The third kappa shape index (κ3) is 4.33. The number of phenolic OH excluding ortho intramolecular Hbond substituents is 1. The predicted octanol–water partition coefficient (Wildman–Crippen LogP) is 1.46. The molecule has 0 aliphatic carbocycles. The lowest BCUT2D eigenvalue weighted by Crippen LogP contribution is -2.38. The highest BCUT2D eigenvalue weighted by Crippen LogP contribution is 2.13. The first kappa shape index (κ1) is 14.4. The number of nitrogens with zero attached hydrogens (tertiary/aromatic N) is 1. The Morgan fingerprint density at radius 2 is 2.22 bits per heavy atom. The number of rotatable bonds is 5. The van der Waals surface area contributed by atoms with Gasteiger partial charge in [-0.15, -0.1) is 0 Å². The van der Waals surface area contributed by atoms with Gasteiger partial charge in [-0.1, -0.05) is 24.4 Å². The maximum atomic E-state index is 12.0. The molecule has 0 saturated heterocycles. The van der Waals surface area contributed by atoms with E-state index in [9.17, 15) is 9.90 Å². The molecular weight excluding hydrogens is 248 g/mol. The molecule has 5 heteroatoms. The zero-order chi connectivity index (χ0) is 13.7. The lowest BCUT2D eigenvalue weighted by Gasteiger charge is -2.24. The molecule has 3 N–H and O–H groups in total. The van der Waals surface area contributed by atoms with Crippen LogP contribution in [0, 0.1) is 0 Å². The molecular formula is C13H18N2O2S. The first-order valence-electron chi connectivity index (χ1n) is 5.72. The molecule has 0 saturated carbocycles. The van der Waals surface area contributed by atoms with Gasteiger partial charge in [0.1, 0.15) is 5.75 Å². The number of hydrogen-bond acceptors (Lipinski definition) is 3. The molecule has 1 atom stereocenters. The van der Waals surface area contributed by atoms with Crippen molar-refractivity contribution >= 4 is 23.1 Å². The molecule has 0 heterocycles. The van der Waals surface area contributed by atoms with Crippen molar-refractivity contribution in [2.45, 2.75) is 25.8 Å². The molecule has 1 aromatic rings. The first-order chi connectivity index (χ1) is 8.40. The van der Waals surface area contributed by atoms with Crippen molar-refractivity contribution in [2.75, 3.05) is 7.05 Å². The van der Waals surface area contributed by atoms with E-state index in [1.807, 2.05) is 13.0 Å². The van der Waals surface area contributed by atoms with Crippen LogP contribution in [0.5, 0.6) is 5.75 Å². The Bertz CT molecular complexity index is 448. The van der Waals surface area contributed by atoms with Crippen LogP contribution in [0.2, 0.25) is 0 Å². The predicted molar refractivity (Wildman–Crippen MR) is 75.4 cm³/mol. The van der Waals surface area contributed by atoms with Gasteiger partial charge in [-0.2, -0.15) is 0 Å². The number of amides is 1. The van der Waals surface area contributed by atoms with E-state index in [0.717, 1.165) is 5.56 Å². The molecule has 0 aliphatic rings. The van der Waals surface area contributed by atoms with Crippen molar-refractivity contribution in [1.82, 2.24) is 4.90 Å². The van der Waals surface area contributed by atoms with Gasteiger partial charge in [0, 0.05) is 19.5 Å². The lowest BCUT2D eigenvalue weighted by atomic mass is 10.1. The molecule has 1 amide bonds. The van der Waals surface area contributed by atoms with Crippen molar-refractivity contribution in [3.63, 3.8) is 0 Å². The van der Waals surface area contributed by atoms with Crippen LogP contribution in [0.15, 0.2) is 24.3 Å². The monoisotopic (exact) mass is 266 g/mol. The standard InChI is InChI=1S/C13H18N2O2S/c1-9(6-12(14)18)15(2)13(17)8-10-4-3-5-11(16)7-10/h3-5,7,9,16H,6,8H2,1-2H3,(H2,14,18). The lowest BCUT2D eigenvalue weighted by molar-refractivity contribution is -0.130. The average molecular weight is 266 g/mol. The summed E-state index contributed by atoms with van der Waals surface area (Å²) < 4.78 is 0. The van der Waals surface area contributed by atoms with Crippen molar-refractivity contribution in [3.05, 3.63) is 29.8 Å². The van der Waals surface area contributed by atoms with Crippen LogP contribution >= 0.6 is 12.2 Å². The van der Waals surface area contributed by atoms with E-state index in [0.29, 0.717) is 11.4 Å². The molecule has 0 aliphatic heterocycles. The van der Waals surface area contributed by atoms with Crippen molar-refractivity contribution in [1.29, 1.82) is 0 Å². The van der Waals surface area contributed by atoms with Crippen LogP contribution < -0.4 is 5.73 Å². The number of thiocarbonyl (C=S) groups is 1. The summed E-state index contributed by atoms with van der Waals surface area (Å²) in [5.41, 5.74) is 6.25. The number of carbonyl (C=O) groups excluding carboxylic acids is 1. The summed E-state index contributed by atoms with van der Waals surface area (Å²) in [6, 6.07) is 6.67. The third-order valence-corrected chi connectivity index (χ3v) is 2.98. The molecule has 0 radical (unpaired) electrons. The largest absolute Gasteiger partial charge is 0.508 e. The highest BCUT2D eigenvalue weighted by Gasteiger charge is 2.16. The molecule has 1 aromatic carbocycles. The van der Waals surface area contributed by atoms with Gasteiger partial charge in [-0.05, 0) is 24.6 Å². The highest BCUT2D eigenvalue weighted by molar-refractivity contribution is 7.80. The molecule has 1 unspecified atom stereocenters. The van der Waals surface area contributed by atoms with E-state index < -0.39 is 0 Å². The van der Waals surface area contributed by atoms with Gasteiger partial charge in [-0.3, -0.25) is 4.79 Å². The molecule has 0 aromatic heterocycles. The Hall–Kier alpha value is -1.62. The van der Waals surface area contributed by atoms with E-state index in [1.165, 1.54) is 0 Å². The fraction of sp³-hybridized carbons (Fsp3) is 0.385. The minimum atomic E-state index is -0.0237. The van der Waals surface area contributed by atoms with Gasteiger partial charge in [0.2, 0.25) is 5.91 Å². The summed E-state index contributed by atoms with van der Waals surface area (Å²) in [7, 11) is 1.73. The fourth-order valence-corrected chi connectivity index (χ4v) is 1.88. The number of likely N-dealkylation sites (N-methyl/N-ethyl adjacent to an activating group) is 1. The Labute approximate surface area is 112 Å². The number of hydrogen-bond donors (Lipinski definition) is 2. The van der Waals surface area contributed by atoms with E-state index in [4.69, 9.17) is 18.0 Å². The van der Waals surface area contributed by atoms with Gasteiger partial charge in [0.05, 0.1) is 11.4 Å². The van der Waals surface area contributed by atoms with E-state index >= 15 is 0 Å². The smallest absolute Gasteiger partial charge is 0.226 e. The van der Waals surface area contributed by atoms with E-state index in [1.54, 1.807) is 30.1 Å².